The Morgan fingerprint density at radius 1 is 0.261 bits per heavy atom. The van der Waals surface area contributed by atoms with Crippen molar-refractivity contribution < 1.29 is 0 Å². The van der Waals surface area contributed by atoms with Crippen molar-refractivity contribution in [2.45, 2.75) is 52.4 Å². The van der Waals surface area contributed by atoms with Crippen molar-refractivity contribution in [2.24, 2.45) is 0 Å². The maximum atomic E-state index is 2.63. The van der Waals surface area contributed by atoms with E-state index in [4.69, 9.17) is 0 Å². The molecular formula is C62H61BN2Si4. The van der Waals surface area contributed by atoms with Gasteiger partial charge in [-0.15, -0.1) is 0 Å². The van der Waals surface area contributed by atoms with Gasteiger partial charge in [-0.05, 0) is 64.9 Å². The van der Waals surface area contributed by atoms with E-state index in [0.29, 0.717) is 0 Å². The highest BCUT2D eigenvalue weighted by Crippen LogP contribution is 2.43. The maximum absolute atomic E-state index is 2.63. The molecule has 0 spiro atoms. The lowest BCUT2D eigenvalue weighted by molar-refractivity contribution is 1.26. The van der Waals surface area contributed by atoms with E-state index in [2.05, 4.69) is 287 Å². The summed E-state index contributed by atoms with van der Waals surface area (Å²) < 4.78 is 0. The maximum Gasteiger partial charge on any atom is 0.252 e. The molecule has 2 aliphatic heterocycles. The van der Waals surface area contributed by atoms with Crippen LogP contribution in [0.4, 0.5) is 34.1 Å². The van der Waals surface area contributed by atoms with Crippen molar-refractivity contribution >= 4 is 131 Å². The molecule has 0 unspecified atom stereocenters. The van der Waals surface area contributed by atoms with Gasteiger partial charge in [-0.25, -0.2) is 0 Å². The van der Waals surface area contributed by atoms with Gasteiger partial charge in [0.05, 0.1) is 0 Å². The minimum absolute atomic E-state index is 0.0298. The number of nitrogens with zero attached hydrogens (tertiary/aromatic N) is 2. The molecule has 2 nitrogen and oxygen atoms in total. The quantitative estimate of drug-likeness (QED) is 0.126. The molecule has 69 heavy (non-hydrogen) atoms. The molecule has 0 atom stereocenters. The average Bonchev–Trinajstić information content (AvgIpc) is 3.39. The molecule has 0 bridgehead atoms. The van der Waals surface area contributed by atoms with Gasteiger partial charge in [-0.2, -0.15) is 0 Å². The van der Waals surface area contributed by atoms with Gasteiger partial charge in [0.15, 0.2) is 0 Å². The largest absolute Gasteiger partial charge is 0.311 e. The second-order valence-corrected chi connectivity index (χ2v) is 39.0. The highest BCUT2D eigenvalue weighted by atomic mass is 28.3. The molecule has 0 saturated heterocycles. The minimum atomic E-state index is -2.11. The van der Waals surface area contributed by atoms with Crippen LogP contribution in [0, 0.1) is 0 Å². The van der Waals surface area contributed by atoms with E-state index < -0.39 is 32.3 Å². The summed E-state index contributed by atoms with van der Waals surface area (Å²) in [5.74, 6) is 0. The number of anilines is 6. The normalized spacial score (nSPS) is 13.4. The summed E-state index contributed by atoms with van der Waals surface area (Å²) in [7, 11) is -8.08. The van der Waals surface area contributed by atoms with E-state index in [9.17, 15) is 0 Å². The van der Waals surface area contributed by atoms with Gasteiger partial charge >= 0.3 is 0 Å². The topological polar surface area (TPSA) is 6.48 Å². The first kappa shape index (κ1) is 45.0. The van der Waals surface area contributed by atoms with Crippen LogP contribution in [0.3, 0.4) is 0 Å². The fourth-order valence-corrected chi connectivity index (χ4v) is 20.9. The third kappa shape index (κ3) is 7.58. The summed E-state index contributed by atoms with van der Waals surface area (Å²) in [6, 6.07) is 86.2. The lowest BCUT2D eigenvalue weighted by atomic mass is 9.33. The molecule has 9 aromatic carbocycles. The van der Waals surface area contributed by atoms with Crippen molar-refractivity contribution in [1.82, 2.24) is 0 Å². The van der Waals surface area contributed by atoms with Gasteiger partial charge in [-0.1, -0.05) is 270 Å². The first-order valence-electron chi connectivity index (χ1n) is 24.7. The highest BCUT2D eigenvalue weighted by molar-refractivity contribution is 7.04. The standard InChI is InChI=1S/C62H61BN2Si4/c1-66(2,48-22-13-9-14-23-48)52-36-32-46(33-37-52)64-58-42-40-54(68(5,6)50-26-17-11-18-27-50)44-56(58)63-57-45-55(69(7,8)51-28-19-12-20-29-51)41-43-59(57)65(61-31-21-30-60(64)62(61)63)47-34-38-53(39-35-47)67(3,4)49-24-15-10-16-25-49/h9-45H,1-8H3. The van der Waals surface area contributed by atoms with E-state index >= 15 is 0 Å². The summed E-state index contributed by atoms with van der Waals surface area (Å²) in [6.07, 6.45) is 0. The predicted octanol–water partition coefficient (Wildman–Crippen LogP) is 9.06. The van der Waals surface area contributed by atoms with Gasteiger partial charge in [0.2, 0.25) is 0 Å². The summed E-state index contributed by atoms with van der Waals surface area (Å²) in [5, 5.41) is 11.6. The number of fused-ring (bicyclic) bond motifs is 4. The molecule has 7 heteroatoms. The van der Waals surface area contributed by atoms with E-state index in [1.54, 1.807) is 0 Å². The van der Waals surface area contributed by atoms with Gasteiger partial charge in [0.1, 0.15) is 32.3 Å². The van der Waals surface area contributed by atoms with Crippen LogP contribution in [0.1, 0.15) is 0 Å². The fraction of sp³-hybridized carbons (Fsp3) is 0.129. The van der Waals surface area contributed by atoms with Crippen molar-refractivity contribution in [3.05, 3.63) is 224 Å². The van der Waals surface area contributed by atoms with Crippen LogP contribution in [0.5, 0.6) is 0 Å². The molecular weight excluding hydrogens is 896 g/mol. The van der Waals surface area contributed by atoms with Gasteiger partial charge < -0.3 is 9.80 Å². The van der Waals surface area contributed by atoms with Crippen LogP contribution in [-0.2, 0) is 0 Å². The minimum Gasteiger partial charge on any atom is -0.311 e. The Balaban J connectivity index is 1.14. The molecule has 0 aliphatic carbocycles. The molecule has 2 aliphatic rings. The molecule has 9 aromatic rings. The van der Waals surface area contributed by atoms with Gasteiger partial charge in [-0.3, -0.25) is 0 Å². The summed E-state index contributed by atoms with van der Waals surface area (Å²) in [4.78, 5) is 5.16. The van der Waals surface area contributed by atoms with Crippen LogP contribution in [-0.4, -0.2) is 39.0 Å². The van der Waals surface area contributed by atoms with Crippen LogP contribution < -0.4 is 67.7 Å². The van der Waals surface area contributed by atoms with Gasteiger partial charge in [0, 0.05) is 34.1 Å². The van der Waals surface area contributed by atoms with E-state index in [0.717, 1.165) is 0 Å². The summed E-state index contributed by atoms with van der Waals surface area (Å²) in [6.45, 7) is 20.0. The Morgan fingerprint density at radius 3 is 0.855 bits per heavy atom. The Labute approximate surface area is 415 Å². The Bertz CT molecular complexity index is 3100. The zero-order chi connectivity index (χ0) is 47.7. The molecule has 0 fully saturated rings. The van der Waals surface area contributed by atoms with Crippen LogP contribution >= 0.6 is 0 Å². The number of hydrogen-bond acceptors (Lipinski definition) is 2. The smallest absolute Gasteiger partial charge is 0.252 e. The van der Waals surface area contributed by atoms with Crippen LogP contribution in [0.2, 0.25) is 52.4 Å². The first-order chi connectivity index (χ1) is 33.3. The van der Waals surface area contributed by atoms with Crippen LogP contribution in [0.25, 0.3) is 0 Å². The van der Waals surface area contributed by atoms with E-state index in [1.807, 2.05) is 0 Å². The third-order valence-electron chi connectivity index (χ3n) is 16.1. The Hall–Kier alpha value is -6.49. The van der Waals surface area contributed by atoms with E-state index in [1.165, 1.54) is 92.0 Å². The highest BCUT2D eigenvalue weighted by Gasteiger charge is 2.45. The summed E-state index contributed by atoms with van der Waals surface area (Å²) in [5.41, 5.74) is 11.6. The molecule has 0 saturated carbocycles. The number of hydrogen-bond donors (Lipinski definition) is 0. The van der Waals surface area contributed by atoms with Crippen molar-refractivity contribution in [1.29, 1.82) is 0 Å². The zero-order valence-electron chi connectivity index (χ0n) is 41.3. The Kier molecular flexibility index (Phi) is 11.2. The van der Waals surface area contributed by atoms with Gasteiger partial charge in [0.25, 0.3) is 6.71 Å². The monoisotopic (exact) mass is 956 g/mol. The fourth-order valence-electron chi connectivity index (χ4n) is 11.4. The lowest BCUT2D eigenvalue weighted by Crippen LogP contribution is -2.64. The molecule has 0 radical (unpaired) electrons. The second-order valence-electron chi connectivity index (χ2n) is 21.4. The Morgan fingerprint density at radius 2 is 0.536 bits per heavy atom. The third-order valence-corrected chi connectivity index (χ3v) is 30.3. The van der Waals surface area contributed by atoms with Crippen molar-refractivity contribution in [3.8, 4) is 0 Å². The number of rotatable bonds is 10. The lowest BCUT2D eigenvalue weighted by Gasteiger charge is -2.45. The molecule has 0 aromatic heterocycles. The summed E-state index contributed by atoms with van der Waals surface area (Å²) >= 11 is 0. The number of benzene rings is 9. The van der Waals surface area contributed by atoms with Crippen molar-refractivity contribution in [3.63, 3.8) is 0 Å². The average molecular weight is 957 g/mol. The SMILES string of the molecule is C[Si](C)(c1ccccc1)c1ccc(N2c3ccc([Si](C)(C)c4ccccc4)cc3B3c4cc([Si](C)(C)c5ccccc5)ccc4N(c4ccc([Si](C)(C)c5ccccc5)cc4)c4cccc2c43)cc1. The van der Waals surface area contributed by atoms with Crippen LogP contribution in [0.15, 0.2) is 224 Å². The van der Waals surface area contributed by atoms with E-state index in [-0.39, 0.29) is 6.71 Å². The molecule has 0 N–H and O–H groups in total. The molecule has 11 rings (SSSR count). The molecule has 2 heterocycles. The predicted molar refractivity (Wildman–Crippen MR) is 313 cm³/mol. The first-order valence-corrected chi connectivity index (χ1v) is 36.7. The zero-order valence-corrected chi connectivity index (χ0v) is 45.3. The second kappa shape index (κ2) is 17.2. The van der Waals surface area contributed by atoms with Crippen molar-refractivity contribution in [2.75, 3.05) is 9.80 Å². The molecule has 338 valence electrons. The molecule has 0 amide bonds.